The molecule has 0 amide bonds. The van der Waals surface area contributed by atoms with E-state index in [0.29, 0.717) is 17.7 Å². The van der Waals surface area contributed by atoms with E-state index in [0.717, 1.165) is 15.6 Å². The Hall–Kier alpha value is -1.61. The van der Waals surface area contributed by atoms with Crippen molar-refractivity contribution in [2.24, 2.45) is 0 Å². The molecule has 1 heterocycles. The maximum Gasteiger partial charge on any atom is 0.170 e. The normalized spacial score (nSPS) is 17.6. The van der Waals surface area contributed by atoms with Gasteiger partial charge in [0.15, 0.2) is 5.78 Å². The van der Waals surface area contributed by atoms with Gasteiger partial charge in [-0.1, -0.05) is 39.7 Å². The summed E-state index contributed by atoms with van der Waals surface area (Å²) in [7, 11) is 0. The first-order valence-corrected chi connectivity index (χ1v) is 7.40. The molecule has 1 atom stereocenters. The highest BCUT2D eigenvalue weighted by Crippen LogP contribution is 2.37. The number of halogens is 1. The molecule has 1 aliphatic heterocycles. The van der Waals surface area contributed by atoms with E-state index in [1.54, 1.807) is 0 Å². The number of hydrogen-bond donors (Lipinski definition) is 0. The SMILES string of the molecule is Cc1ccc(C)c(C2CC(=O)c3cc(Br)ccc3O2)c1. The fourth-order valence-electron chi connectivity index (χ4n) is 2.58. The smallest absolute Gasteiger partial charge is 0.170 e. The summed E-state index contributed by atoms with van der Waals surface area (Å²) in [4.78, 5) is 12.3. The summed E-state index contributed by atoms with van der Waals surface area (Å²) < 4.78 is 6.94. The van der Waals surface area contributed by atoms with E-state index in [2.05, 4.69) is 48.0 Å². The average molecular weight is 331 g/mol. The lowest BCUT2D eigenvalue weighted by atomic mass is 9.93. The van der Waals surface area contributed by atoms with E-state index in [1.165, 1.54) is 5.56 Å². The van der Waals surface area contributed by atoms with Crippen molar-refractivity contribution < 1.29 is 9.53 Å². The van der Waals surface area contributed by atoms with Crippen molar-refractivity contribution in [2.45, 2.75) is 26.4 Å². The van der Waals surface area contributed by atoms with Crippen molar-refractivity contribution in [1.82, 2.24) is 0 Å². The predicted molar refractivity (Wildman–Crippen MR) is 82.4 cm³/mol. The molecule has 0 bridgehead atoms. The van der Waals surface area contributed by atoms with Crippen molar-refractivity contribution in [3.8, 4) is 5.75 Å². The van der Waals surface area contributed by atoms with E-state index in [-0.39, 0.29) is 11.9 Å². The van der Waals surface area contributed by atoms with Crippen LogP contribution in [-0.2, 0) is 0 Å². The Balaban J connectivity index is 2.01. The van der Waals surface area contributed by atoms with Gasteiger partial charge in [0.25, 0.3) is 0 Å². The van der Waals surface area contributed by atoms with Crippen LogP contribution in [0.4, 0.5) is 0 Å². The minimum atomic E-state index is -0.184. The summed E-state index contributed by atoms with van der Waals surface area (Å²) in [5.74, 6) is 0.814. The minimum absolute atomic E-state index is 0.137. The van der Waals surface area contributed by atoms with Gasteiger partial charge in [-0.25, -0.2) is 0 Å². The van der Waals surface area contributed by atoms with Crippen LogP contribution < -0.4 is 4.74 Å². The van der Waals surface area contributed by atoms with Gasteiger partial charge in [-0.3, -0.25) is 4.79 Å². The van der Waals surface area contributed by atoms with E-state index >= 15 is 0 Å². The summed E-state index contributed by atoms with van der Waals surface area (Å²) >= 11 is 3.39. The summed E-state index contributed by atoms with van der Waals surface area (Å²) in [5.41, 5.74) is 4.12. The van der Waals surface area contributed by atoms with Crippen LogP contribution in [0, 0.1) is 13.8 Å². The molecule has 2 aromatic carbocycles. The number of Topliss-reactive ketones (excluding diaryl/α,β-unsaturated/α-hetero) is 1. The molecule has 0 aromatic heterocycles. The van der Waals surface area contributed by atoms with Crippen LogP contribution in [-0.4, -0.2) is 5.78 Å². The van der Waals surface area contributed by atoms with Crippen molar-refractivity contribution in [3.63, 3.8) is 0 Å². The molecule has 0 saturated carbocycles. The van der Waals surface area contributed by atoms with Crippen molar-refractivity contribution in [2.75, 3.05) is 0 Å². The number of ether oxygens (including phenoxy) is 1. The summed E-state index contributed by atoms with van der Waals surface area (Å²) in [5, 5.41) is 0. The molecule has 1 unspecified atom stereocenters. The number of ketones is 1. The largest absolute Gasteiger partial charge is 0.484 e. The molecule has 102 valence electrons. The summed E-state index contributed by atoms with van der Waals surface area (Å²) in [6.07, 6.45) is 0.212. The zero-order valence-electron chi connectivity index (χ0n) is 11.4. The standard InChI is InChI=1S/C17H15BrO2/c1-10-3-4-11(2)13(7-10)17-9-15(19)14-8-12(18)5-6-16(14)20-17/h3-8,17H,9H2,1-2H3. The van der Waals surface area contributed by atoms with Gasteiger partial charge in [-0.05, 0) is 43.2 Å². The molecule has 20 heavy (non-hydrogen) atoms. The Morgan fingerprint density at radius 2 is 1.95 bits per heavy atom. The molecule has 3 rings (SSSR count). The first kappa shape index (κ1) is 13.4. The molecule has 2 aromatic rings. The van der Waals surface area contributed by atoms with Gasteiger partial charge >= 0.3 is 0 Å². The number of fused-ring (bicyclic) bond motifs is 1. The van der Waals surface area contributed by atoms with Gasteiger partial charge in [0.05, 0.1) is 12.0 Å². The molecule has 1 aliphatic rings. The van der Waals surface area contributed by atoms with Crippen LogP contribution in [0.3, 0.4) is 0 Å². The van der Waals surface area contributed by atoms with E-state index in [1.807, 2.05) is 18.2 Å². The van der Waals surface area contributed by atoms with Crippen molar-refractivity contribution >= 4 is 21.7 Å². The highest BCUT2D eigenvalue weighted by Gasteiger charge is 2.28. The number of benzene rings is 2. The number of aryl methyl sites for hydroxylation is 2. The number of rotatable bonds is 1. The van der Waals surface area contributed by atoms with Crippen LogP contribution in [0.5, 0.6) is 5.75 Å². The highest BCUT2D eigenvalue weighted by atomic mass is 79.9. The zero-order valence-corrected chi connectivity index (χ0v) is 13.0. The van der Waals surface area contributed by atoms with Gasteiger partial charge in [-0.15, -0.1) is 0 Å². The third kappa shape index (κ3) is 2.38. The van der Waals surface area contributed by atoms with Crippen LogP contribution in [0.15, 0.2) is 40.9 Å². The first-order chi connectivity index (χ1) is 9.54. The monoisotopic (exact) mass is 330 g/mol. The first-order valence-electron chi connectivity index (χ1n) is 6.61. The molecular weight excluding hydrogens is 316 g/mol. The predicted octanol–water partition coefficient (Wildman–Crippen LogP) is 4.77. The van der Waals surface area contributed by atoms with Crippen LogP contribution in [0.25, 0.3) is 0 Å². The van der Waals surface area contributed by atoms with Gasteiger partial charge in [-0.2, -0.15) is 0 Å². The molecule has 0 spiro atoms. The van der Waals surface area contributed by atoms with Crippen molar-refractivity contribution in [1.29, 1.82) is 0 Å². The summed E-state index contributed by atoms with van der Waals surface area (Å²) in [6.45, 7) is 4.11. The van der Waals surface area contributed by atoms with Crippen molar-refractivity contribution in [3.05, 3.63) is 63.1 Å². The molecule has 3 heteroatoms. The topological polar surface area (TPSA) is 26.3 Å². The highest BCUT2D eigenvalue weighted by molar-refractivity contribution is 9.10. The third-order valence-corrected chi connectivity index (χ3v) is 4.16. The van der Waals surface area contributed by atoms with Gasteiger partial charge in [0.1, 0.15) is 11.9 Å². The van der Waals surface area contributed by atoms with Crippen LogP contribution in [0.2, 0.25) is 0 Å². The Morgan fingerprint density at radius 1 is 1.15 bits per heavy atom. The lowest BCUT2D eigenvalue weighted by Crippen LogP contribution is -2.21. The Morgan fingerprint density at radius 3 is 2.75 bits per heavy atom. The van der Waals surface area contributed by atoms with E-state index < -0.39 is 0 Å². The second-order valence-electron chi connectivity index (χ2n) is 5.23. The molecule has 0 N–H and O–H groups in total. The van der Waals surface area contributed by atoms with Crippen LogP contribution >= 0.6 is 15.9 Å². The van der Waals surface area contributed by atoms with E-state index in [9.17, 15) is 4.79 Å². The molecular formula is C17H15BrO2. The fraction of sp³-hybridized carbons (Fsp3) is 0.235. The Labute approximate surface area is 126 Å². The molecule has 0 radical (unpaired) electrons. The quantitative estimate of drug-likeness (QED) is 0.752. The van der Waals surface area contributed by atoms with Gasteiger partial charge < -0.3 is 4.74 Å². The third-order valence-electron chi connectivity index (χ3n) is 3.66. The number of carbonyl (C=O) groups excluding carboxylic acids is 1. The van der Waals surface area contributed by atoms with E-state index in [4.69, 9.17) is 4.74 Å². The molecule has 0 fully saturated rings. The van der Waals surface area contributed by atoms with Crippen LogP contribution in [0.1, 0.15) is 39.6 Å². The maximum absolute atomic E-state index is 12.3. The van der Waals surface area contributed by atoms with Gasteiger partial charge in [0.2, 0.25) is 0 Å². The van der Waals surface area contributed by atoms with Gasteiger partial charge in [0, 0.05) is 4.47 Å². The lowest BCUT2D eigenvalue weighted by Gasteiger charge is -2.27. The zero-order chi connectivity index (χ0) is 14.3. The minimum Gasteiger partial charge on any atom is -0.484 e. The Bertz CT molecular complexity index is 691. The summed E-state index contributed by atoms with van der Waals surface area (Å²) in [6, 6.07) is 11.9. The maximum atomic E-state index is 12.3. The average Bonchev–Trinajstić information content (AvgIpc) is 2.42. The Kier molecular flexibility index (Phi) is 3.38. The second kappa shape index (κ2) is 5.06. The second-order valence-corrected chi connectivity index (χ2v) is 6.15. The molecule has 0 aliphatic carbocycles. The molecule has 2 nitrogen and oxygen atoms in total. The number of hydrogen-bond acceptors (Lipinski definition) is 2. The lowest BCUT2D eigenvalue weighted by molar-refractivity contribution is 0.0849. The molecule has 0 saturated heterocycles. The fourth-order valence-corrected chi connectivity index (χ4v) is 2.94. The number of carbonyl (C=O) groups is 1.